The van der Waals surface area contributed by atoms with Crippen molar-refractivity contribution in [3.63, 3.8) is 0 Å². The number of amides is 3. The number of nitrogens with one attached hydrogen (secondary N) is 2. The standard InChI is InChI=1S/C21H25N3O5/c1-28-17-9-7-15(8-10-17)11-12-23-19(25)14-29-20(26)18(24-21(22)27)13-16-5-3-2-4-6-16/h2-10,18H,11-14H2,1H3,(H,23,25)(H3,22,24,27)/t18-/m0/s1. The topological polar surface area (TPSA) is 120 Å². The number of ether oxygens (including phenoxy) is 2. The summed E-state index contributed by atoms with van der Waals surface area (Å²) >= 11 is 0. The highest BCUT2D eigenvalue weighted by molar-refractivity contribution is 5.85. The maximum absolute atomic E-state index is 12.3. The van der Waals surface area contributed by atoms with Gasteiger partial charge < -0.3 is 25.8 Å². The van der Waals surface area contributed by atoms with Crippen molar-refractivity contribution in [3.05, 3.63) is 65.7 Å². The van der Waals surface area contributed by atoms with Crippen LogP contribution in [0.5, 0.6) is 5.75 Å². The van der Waals surface area contributed by atoms with Gasteiger partial charge in [0.1, 0.15) is 11.8 Å². The van der Waals surface area contributed by atoms with Crippen molar-refractivity contribution in [1.29, 1.82) is 0 Å². The summed E-state index contributed by atoms with van der Waals surface area (Å²) < 4.78 is 10.1. The molecule has 0 saturated carbocycles. The molecule has 1 atom stereocenters. The highest BCUT2D eigenvalue weighted by Gasteiger charge is 2.22. The molecule has 0 bridgehead atoms. The summed E-state index contributed by atoms with van der Waals surface area (Å²) in [6, 6.07) is 14.8. The lowest BCUT2D eigenvalue weighted by Crippen LogP contribution is -2.46. The number of hydrogen-bond donors (Lipinski definition) is 3. The Kier molecular flexibility index (Phi) is 8.50. The van der Waals surface area contributed by atoms with Crippen LogP contribution in [0, 0.1) is 0 Å². The van der Waals surface area contributed by atoms with E-state index in [1.165, 1.54) is 0 Å². The van der Waals surface area contributed by atoms with E-state index in [1.807, 2.05) is 54.6 Å². The second-order valence-electron chi connectivity index (χ2n) is 6.31. The van der Waals surface area contributed by atoms with Crippen molar-refractivity contribution in [2.75, 3.05) is 20.3 Å². The molecule has 154 valence electrons. The average molecular weight is 399 g/mol. The minimum atomic E-state index is -0.970. The molecule has 2 rings (SSSR count). The summed E-state index contributed by atoms with van der Waals surface area (Å²) in [5.74, 6) is -0.387. The van der Waals surface area contributed by atoms with E-state index in [-0.39, 0.29) is 6.42 Å². The van der Waals surface area contributed by atoms with Crippen molar-refractivity contribution < 1.29 is 23.9 Å². The van der Waals surface area contributed by atoms with Crippen LogP contribution in [0.4, 0.5) is 4.79 Å². The molecule has 0 aliphatic heterocycles. The summed E-state index contributed by atoms with van der Waals surface area (Å²) in [4.78, 5) is 35.4. The minimum Gasteiger partial charge on any atom is -0.497 e. The highest BCUT2D eigenvalue weighted by Crippen LogP contribution is 2.11. The molecule has 0 heterocycles. The molecular formula is C21H25N3O5. The molecule has 4 N–H and O–H groups in total. The average Bonchev–Trinajstić information content (AvgIpc) is 2.72. The fraction of sp³-hybridized carbons (Fsp3) is 0.286. The zero-order valence-electron chi connectivity index (χ0n) is 16.2. The van der Waals surface area contributed by atoms with Crippen molar-refractivity contribution in [2.24, 2.45) is 5.73 Å². The monoisotopic (exact) mass is 399 g/mol. The number of rotatable bonds is 10. The lowest BCUT2D eigenvalue weighted by Gasteiger charge is -2.16. The van der Waals surface area contributed by atoms with Gasteiger partial charge in [0, 0.05) is 13.0 Å². The van der Waals surface area contributed by atoms with E-state index in [0.717, 1.165) is 16.9 Å². The number of carbonyl (C=O) groups excluding carboxylic acids is 3. The summed E-state index contributed by atoms with van der Waals surface area (Å²) in [5.41, 5.74) is 7.00. The van der Waals surface area contributed by atoms with Gasteiger partial charge in [-0.3, -0.25) is 4.79 Å². The van der Waals surface area contributed by atoms with Crippen LogP contribution >= 0.6 is 0 Å². The van der Waals surface area contributed by atoms with Crippen LogP contribution < -0.4 is 21.1 Å². The van der Waals surface area contributed by atoms with Crippen LogP contribution in [-0.4, -0.2) is 44.2 Å². The summed E-state index contributed by atoms with van der Waals surface area (Å²) in [6.07, 6.45) is 0.839. The van der Waals surface area contributed by atoms with Gasteiger partial charge in [-0.2, -0.15) is 0 Å². The molecule has 8 heteroatoms. The van der Waals surface area contributed by atoms with Crippen molar-refractivity contribution in [2.45, 2.75) is 18.9 Å². The number of methoxy groups -OCH3 is 1. The van der Waals surface area contributed by atoms with E-state index in [9.17, 15) is 14.4 Å². The van der Waals surface area contributed by atoms with Gasteiger partial charge in [0.2, 0.25) is 0 Å². The molecule has 0 aromatic heterocycles. The first kappa shape index (κ1) is 21.7. The van der Waals surface area contributed by atoms with Crippen LogP contribution in [0.25, 0.3) is 0 Å². The van der Waals surface area contributed by atoms with Gasteiger partial charge >= 0.3 is 12.0 Å². The first-order valence-corrected chi connectivity index (χ1v) is 9.14. The smallest absolute Gasteiger partial charge is 0.329 e. The molecule has 0 fully saturated rings. The van der Waals surface area contributed by atoms with Gasteiger partial charge in [-0.25, -0.2) is 9.59 Å². The first-order valence-electron chi connectivity index (χ1n) is 9.14. The van der Waals surface area contributed by atoms with E-state index in [4.69, 9.17) is 15.2 Å². The van der Waals surface area contributed by atoms with E-state index >= 15 is 0 Å². The predicted octanol–water partition coefficient (Wildman–Crippen LogP) is 1.18. The predicted molar refractivity (Wildman–Crippen MR) is 107 cm³/mol. The summed E-state index contributed by atoms with van der Waals surface area (Å²) in [5, 5.41) is 5.03. The van der Waals surface area contributed by atoms with Crippen molar-refractivity contribution in [1.82, 2.24) is 10.6 Å². The fourth-order valence-electron chi connectivity index (χ4n) is 2.64. The Labute approximate surface area is 169 Å². The van der Waals surface area contributed by atoms with Gasteiger partial charge in [0.15, 0.2) is 6.61 Å². The maximum Gasteiger partial charge on any atom is 0.329 e. The number of urea groups is 1. The van der Waals surface area contributed by atoms with Crippen LogP contribution in [0.3, 0.4) is 0 Å². The van der Waals surface area contributed by atoms with Crippen molar-refractivity contribution >= 4 is 17.9 Å². The molecule has 3 amide bonds. The molecule has 0 aliphatic carbocycles. The summed E-state index contributed by atoms with van der Waals surface area (Å²) in [7, 11) is 1.60. The third kappa shape index (κ3) is 7.92. The Bertz CT molecular complexity index is 809. The first-order chi connectivity index (χ1) is 14.0. The van der Waals surface area contributed by atoms with Crippen LogP contribution in [0.2, 0.25) is 0 Å². The van der Waals surface area contributed by atoms with Gasteiger partial charge in [-0.05, 0) is 29.7 Å². The van der Waals surface area contributed by atoms with Crippen LogP contribution in [-0.2, 0) is 27.2 Å². The van der Waals surface area contributed by atoms with E-state index in [0.29, 0.717) is 13.0 Å². The van der Waals surface area contributed by atoms with Gasteiger partial charge in [0.05, 0.1) is 7.11 Å². The zero-order chi connectivity index (χ0) is 21.1. The lowest BCUT2D eigenvalue weighted by atomic mass is 10.1. The van der Waals surface area contributed by atoms with E-state index in [2.05, 4.69) is 10.6 Å². The largest absolute Gasteiger partial charge is 0.497 e. The quantitative estimate of drug-likeness (QED) is 0.518. The van der Waals surface area contributed by atoms with E-state index in [1.54, 1.807) is 7.11 Å². The Morgan fingerprint density at radius 3 is 2.31 bits per heavy atom. The Balaban J connectivity index is 1.76. The number of benzene rings is 2. The molecule has 0 aliphatic rings. The van der Waals surface area contributed by atoms with Crippen LogP contribution in [0.1, 0.15) is 11.1 Å². The highest BCUT2D eigenvalue weighted by atomic mass is 16.5. The Morgan fingerprint density at radius 1 is 1.00 bits per heavy atom. The molecule has 0 spiro atoms. The third-order valence-electron chi connectivity index (χ3n) is 4.12. The fourth-order valence-corrected chi connectivity index (χ4v) is 2.64. The summed E-state index contributed by atoms with van der Waals surface area (Å²) in [6.45, 7) is -0.0388. The second-order valence-corrected chi connectivity index (χ2v) is 6.31. The molecule has 8 nitrogen and oxygen atoms in total. The normalized spacial score (nSPS) is 11.2. The second kappa shape index (κ2) is 11.3. The molecular weight excluding hydrogens is 374 g/mol. The maximum atomic E-state index is 12.3. The third-order valence-corrected chi connectivity index (χ3v) is 4.12. The van der Waals surface area contributed by atoms with E-state index < -0.39 is 30.6 Å². The molecule has 29 heavy (non-hydrogen) atoms. The van der Waals surface area contributed by atoms with Crippen molar-refractivity contribution in [3.8, 4) is 5.75 Å². The Morgan fingerprint density at radius 2 is 1.69 bits per heavy atom. The molecule has 0 saturated heterocycles. The zero-order valence-corrected chi connectivity index (χ0v) is 16.2. The van der Waals surface area contributed by atoms with Gasteiger partial charge in [0.25, 0.3) is 5.91 Å². The number of esters is 1. The Hall–Kier alpha value is -3.55. The number of primary amides is 1. The molecule has 0 unspecified atom stereocenters. The molecule has 2 aromatic rings. The molecule has 2 aromatic carbocycles. The SMILES string of the molecule is COc1ccc(CCNC(=O)COC(=O)[C@H](Cc2ccccc2)NC(N)=O)cc1. The lowest BCUT2D eigenvalue weighted by molar-refractivity contribution is -0.150. The van der Waals surface area contributed by atoms with Gasteiger partial charge in [-0.1, -0.05) is 42.5 Å². The van der Waals surface area contributed by atoms with Gasteiger partial charge in [-0.15, -0.1) is 0 Å². The number of hydrogen-bond acceptors (Lipinski definition) is 5. The van der Waals surface area contributed by atoms with Crippen LogP contribution in [0.15, 0.2) is 54.6 Å². The molecule has 0 radical (unpaired) electrons. The number of carbonyl (C=O) groups is 3. The minimum absolute atomic E-state index is 0.210. The number of nitrogens with two attached hydrogens (primary N) is 1.